The van der Waals surface area contributed by atoms with Gasteiger partial charge in [0.25, 0.3) is 0 Å². The fourth-order valence-electron chi connectivity index (χ4n) is 2.88. The lowest BCUT2D eigenvalue weighted by Crippen LogP contribution is -2.41. The maximum absolute atomic E-state index is 12.4. The summed E-state index contributed by atoms with van der Waals surface area (Å²) in [6.07, 6.45) is 2.49. The SMILES string of the molecule is CC(C)c1ccc(NC(=O)C2CCCN(CCC#N)C2)cc1. The normalized spacial score (nSPS) is 18.9. The molecule has 1 saturated heterocycles. The zero-order chi connectivity index (χ0) is 15.9. The van der Waals surface area contributed by atoms with Gasteiger partial charge < -0.3 is 10.2 Å². The summed E-state index contributed by atoms with van der Waals surface area (Å²) >= 11 is 0. The molecule has 0 spiro atoms. The van der Waals surface area contributed by atoms with Crippen molar-refractivity contribution in [3.05, 3.63) is 29.8 Å². The summed E-state index contributed by atoms with van der Waals surface area (Å²) in [5, 5.41) is 11.7. The standard InChI is InChI=1S/C18H25N3O/c1-14(2)15-6-8-17(9-7-15)20-18(22)16-5-3-11-21(13-16)12-4-10-19/h6-9,14,16H,3-5,11-13H2,1-2H3,(H,20,22). The van der Waals surface area contributed by atoms with Crippen LogP contribution in [0.5, 0.6) is 0 Å². The number of hydrogen-bond acceptors (Lipinski definition) is 3. The second-order valence-electron chi connectivity index (χ2n) is 6.31. The number of benzene rings is 1. The number of nitrogens with one attached hydrogen (secondary N) is 1. The van der Waals surface area contributed by atoms with Gasteiger partial charge in [-0.15, -0.1) is 0 Å². The lowest BCUT2D eigenvalue weighted by Gasteiger charge is -2.31. The van der Waals surface area contributed by atoms with Crippen LogP contribution in [0.1, 0.15) is 44.6 Å². The van der Waals surface area contributed by atoms with E-state index < -0.39 is 0 Å². The van der Waals surface area contributed by atoms with Crippen molar-refractivity contribution in [3.63, 3.8) is 0 Å². The van der Waals surface area contributed by atoms with Crippen molar-refractivity contribution >= 4 is 11.6 Å². The van der Waals surface area contributed by atoms with Crippen molar-refractivity contribution in [2.45, 2.75) is 39.0 Å². The van der Waals surface area contributed by atoms with Gasteiger partial charge in [0.1, 0.15) is 0 Å². The zero-order valence-electron chi connectivity index (χ0n) is 13.5. The molecule has 1 amide bonds. The van der Waals surface area contributed by atoms with E-state index in [4.69, 9.17) is 5.26 Å². The fraction of sp³-hybridized carbons (Fsp3) is 0.556. The van der Waals surface area contributed by atoms with Crippen LogP contribution in [0.4, 0.5) is 5.69 Å². The van der Waals surface area contributed by atoms with Crippen molar-refractivity contribution in [1.29, 1.82) is 5.26 Å². The lowest BCUT2D eigenvalue weighted by atomic mass is 9.96. The van der Waals surface area contributed by atoms with Crippen molar-refractivity contribution < 1.29 is 4.79 Å². The van der Waals surface area contributed by atoms with E-state index in [9.17, 15) is 4.79 Å². The molecule has 1 aliphatic rings. The lowest BCUT2D eigenvalue weighted by molar-refractivity contribution is -0.121. The Kier molecular flexibility index (Phi) is 5.97. The second kappa shape index (κ2) is 7.95. The molecule has 2 rings (SSSR count). The minimum absolute atomic E-state index is 0.0252. The van der Waals surface area contributed by atoms with E-state index in [1.54, 1.807) is 0 Å². The minimum Gasteiger partial charge on any atom is -0.326 e. The monoisotopic (exact) mass is 299 g/mol. The first-order chi connectivity index (χ1) is 10.6. The minimum atomic E-state index is 0.0252. The molecular weight excluding hydrogens is 274 g/mol. The third-order valence-electron chi connectivity index (χ3n) is 4.26. The Labute approximate surface area is 133 Å². The third-order valence-corrected chi connectivity index (χ3v) is 4.26. The van der Waals surface area contributed by atoms with Gasteiger partial charge in [-0.25, -0.2) is 0 Å². The molecule has 1 atom stereocenters. The number of hydrogen-bond donors (Lipinski definition) is 1. The Morgan fingerprint density at radius 2 is 2.14 bits per heavy atom. The number of carbonyl (C=O) groups excluding carboxylic acids is 1. The number of carbonyl (C=O) groups is 1. The van der Waals surface area contributed by atoms with Gasteiger partial charge in [0.15, 0.2) is 0 Å². The first-order valence-corrected chi connectivity index (χ1v) is 8.10. The fourth-order valence-corrected chi connectivity index (χ4v) is 2.88. The van der Waals surface area contributed by atoms with Crippen LogP contribution >= 0.6 is 0 Å². The van der Waals surface area contributed by atoms with Crippen molar-refractivity contribution in [2.75, 3.05) is 25.0 Å². The van der Waals surface area contributed by atoms with Gasteiger partial charge in [-0.1, -0.05) is 26.0 Å². The van der Waals surface area contributed by atoms with E-state index in [2.05, 4.69) is 42.3 Å². The Morgan fingerprint density at radius 1 is 1.41 bits per heavy atom. The largest absolute Gasteiger partial charge is 0.326 e. The van der Waals surface area contributed by atoms with Crippen LogP contribution < -0.4 is 5.32 Å². The number of anilines is 1. The van der Waals surface area contributed by atoms with Gasteiger partial charge in [0.05, 0.1) is 12.0 Å². The molecule has 118 valence electrons. The maximum atomic E-state index is 12.4. The van der Waals surface area contributed by atoms with Crippen LogP contribution in [-0.4, -0.2) is 30.4 Å². The number of amides is 1. The van der Waals surface area contributed by atoms with Gasteiger partial charge in [0, 0.05) is 25.2 Å². The van der Waals surface area contributed by atoms with Crippen LogP contribution in [0.2, 0.25) is 0 Å². The van der Waals surface area contributed by atoms with Crippen molar-refractivity contribution in [2.24, 2.45) is 5.92 Å². The highest BCUT2D eigenvalue weighted by atomic mass is 16.1. The smallest absolute Gasteiger partial charge is 0.228 e. The number of piperidine rings is 1. The molecule has 0 aliphatic carbocycles. The highest BCUT2D eigenvalue weighted by Gasteiger charge is 2.25. The molecule has 22 heavy (non-hydrogen) atoms. The Balaban J connectivity index is 1.89. The van der Waals surface area contributed by atoms with E-state index >= 15 is 0 Å². The number of nitriles is 1. The van der Waals surface area contributed by atoms with Gasteiger partial charge >= 0.3 is 0 Å². The quantitative estimate of drug-likeness (QED) is 0.907. The van der Waals surface area contributed by atoms with Crippen molar-refractivity contribution in [3.8, 4) is 6.07 Å². The average Bonchev–Trinajstić information content (AvgIpc) is 2.53. The van der Waals surface area contributed by atoms with Crippen LogP contribution in [-0.2, 0) is 4.79 Å². The van der Waals surface area contributed by atoms with Gasteiger partial charge in [-0.2, -0.15) is 5.26 Å². The predicted octanol–water partition coefficient (Wildman–Crippen LogP) is 3.37. The molecule has 1 unspecified atom stereocenters. The molecule has 4 heteroatoms. The van der Waals surface area contributed by atoms with Crippen LogP contribution in [0.25, 0.3) is 0 Å². The zero-order valence-corrected chi connectivity index (χ0v) is 13.5. The van der Waals surface area contributed by atoms with E-state index in [1.165, 1.54) is 5.56 Å². The summed E-state index contributed by atoms with van der Waals surface area (Å²) in [4.78, 5) is 14.6. The van der Waals surface area contributed by atoms with Crippen LogP contribution in [0.3, 0.4) is 0 Å². The highest BCUT2D eigenvalue weighted by Crippen LogP contribution is 2.21. The van der Waals surface area contributed by atoms with Crippen LogP contribution in [0.15, 0.2) is 24.3 Å². The third kappa shape index (κ3) is 4.57. The molecule has 1 aromatic rings. The molecule has 0 saturated carbocycles. The summed E-state index contributed by atoms with van der Waals surface area (Å²) in [7, 11) is 0. The van der Waals surface area contributed by atoms with Crippen LogP contribution in [0, 0.1) is 17.2 Å². The van der Waals surface area contributed by atoms with Gasteiger partial charge in [0.2, 0.25) is 5.91 Å². The molecule has 1 N–H and O–H groups in total. The number of likely N-dealkylation sites (tertiary alicyclic amines) is 1. The summed E-state index contributed by atoms with van der Waals surface area (Å²) in [6.45, 7) is 6.84. The van der Waals surface area contributed by atoms with Crippen molar-refractivity contribution in [1.82, 2.24) is 4.90 Å². The topological polar surface area (TPSA) is 56.1 Å². The molecular formula is C18H25N3O. The van der Waals surface area contributed by atoms with E-state index in [1.807, 2.05) is 12.1 Å². The molecule has 1 heterocycles. The van der Waals surface area contributed by atoms with Gasteiger partial charge in [-0.05, 0) is 43.0 Å². The highest BCUT2D eigenvalue weighted by molar-refractivity contribution is 5.92. The molecule has 4 nitrogen and oxygen atoms in total. The molecule has 0 radical (unpaired) electrons. The molecule has 1 fully saturated rings. The molecule has 1 aromatic carbocycles. The van der Waals surface area contributed by atoms with Gasteiger partial charge in [-0.3, -0.25) is 4.79 Å². The first kappa shape index (κ1) is 16.5. The Morgan fingerprint density at radius 3 is 2.77 bits per heavy atom. The summed E-state index contributed by atoms with van der Waals surface area (Å²) < 4.78 is 0. The first-order valence-electron chi connectivity index (χ1n) is 8.10. The Hall–Kier alpha value is -1.86. The number of nitrogens with zero attached hydrogens (tertiary/aromatic N) is 2. The summed E-state index contributed by atoms with van der Waals surface area (Å²) in [6, 6.07) is 10.3. The molecule has 0 bridgehead atoms. The summed E-state index contributed by atoms with van der Waals surface area (Å²) in [5.74, 6) is 0.618. The van der Waals surface area contributed by atoms with E-state index in [-0.39, 0.29) is 11.8 Å². The van der Waals surface area contributed by atoms with E-state index in [0.29, 0.717) is 12.3 Å². The average molecular weight is 299 g/mol. The molecule has 1 aliphatic heterocycles. The summed E-state index contributed by atoms with van der Waals surface area (Å²) in [5.41, 5.74) is 2.14. The molecule has 0 aromatic heterocycles. The predicted molar refractivity (Wildman–Crippen MR) is 88.6 cm³/mol. The maximum Gasteiger partial charge on any atom is 0.228 e. The van der Waals surface area contributed by atoms with E-state index in [0.717, 1.165) is 38.2 Å². The Bertz CT molecular complexity index is 530. The second-order valence-corrected chi connectivity index (χ2v) is 6.31. The number of rotatable bonds is 5.